The third-order valence-electron chi connectivity index (χ3n) is 1.15. The molecule has 0 aromatic rings. The van der Waals surface area contributed by atoms with Crippen LogP contribution in [0.5, 0.6) is 0 Å². The minimum Gasteiger partial charge on any atom is -0.394 e. The summed E-state index contributed by atoms with van der Waals surface area (Å²) in [5.74, 6) is 0. The molecule has 0 aliphatic heterocycles. The second-order valence-corrected chi connectivity index (χ2v) is 3.45. The molecule has 10 heavy (non-hydrogen) atoms. The van der Waals surface area contributed by atoms with Crippen LogP contribution in [0.3, 0.4) is 0 Å². The van der Waals surface area contributed by atoms with Gasteiger partial charge in [0.2, 0.25) is 0 Å². The fourth-order valence-electron chi connectivity index (χ4n) is 0.391. The Bertz CT molecular complexity index is 123. The minimum atomic E-state index is -0.266. The first kappa shape index (κ1) is 9.95. The van der Waals surface area contributed by atoms with Crippen molar-refractivity contribution in [1.29, 1.82) is 0 Å². The van der Waals surface area contributed by atoms with Crippen LogP contribution in [-0.4, -0.2) is 23.8 Å². The number of aliphatic hydroxyl groups excluding tert-OH is 1. The summed E-state index contributed by atoms with van der Waals surface area (Å²) < 4.78 is 0. The van der Waals surface area contributed by atoms with Crippen LogP contribution < -0.4 is 5.32 Å². The zero-order valence-corrected chi connectivity index (χ0v) is 7.20. The first-order chi connectivity index (χ1) is 4.48. The van der Waals surface area contributed by atoms with Crippen molar-refractivity contribution in [3.63, 3.8) is 0 Å². The molecule has 3 heteroatoms. The van der Waals surface area contributed by atoms with Crippen molar-refractivity contribution in [3.05, 3.63) is 11.6 Å². The third-order valence-corrected chi connectivity index (χ3v) is 1.29. The van der Waals surface area contributed by atoms with Gasteiger partial charge in [0.15, 0.2) is 0 Å². The molecule has 0 heterocycles. The predicted octanol–water partition coefficient (Wildman–Crippen LogP) is 1.10. The van der Waals surface area contributed by atoms with Gasteiger partial charge in [-0.15, -0.1) is 0 Å². The van der Waals surface area contributed by atoms with Gasteiger partial charge in [-0.05, 0) is 13.8 Å². The summed E-state index contributed by atoms with van der Waals surface area (Å²) in [5, 5.41) is 12.4. The Hall–Kier alpha value is -0.0500. The molecule has 0 atom stereocenters. The molecule has 2 N–H and O–H groups in total. The first-order valence-electron chi connectivity index (χ1n) is 3.17. The molecule has 0 aliphatic carbocycles. The highest BCUT2D eigenvalue weighted by molar-refractivity contribution is 6.29. The van der Waals surface area contributed by atoms with E-state index in [0.717, 1.165) is 0 Å². The van der Waals surface area contributed by atoms with Gasteiger partial charge in [-0.2, -0.15) is 0 Å². The average Bonchev–Trinajstić information content (AvgIpc) is 1.85. The Balaban J connectivity index is 3.56. The van der Waals surface area contributed by atoms with Crippen LogP contribution in [0, 0.1) is 0 Å². The molecule has 0 amide bonds. The summed E-state index contributed by atoms with van der Waals surface area (Å²) in [7, 11) is 0. The van der Waals surface area contributed by atoms with Gasteiger partial charge in [0.25, 0.3) is 0 Å². The van der Waals surface area contributed by atoms with E-state index < -0.39 is 0 Å². The molecule has 0 bridgehead atoms. The summed E-state index contributed by atoms with van der Waals surface area (Å²) in [6, 6.07) is 0. The Morgan fingerprint density at radius 2 is 2.20 bits per heavy atom. The molecule has 0 aromatic carbocycles. The minimum absolute atomic E-state index is 0.0944. The number of hydrogen-bond donors (Lipinski definition) is 2. The van der Waals surface area contributed by atoms with Crippen LogP contribution in [0.25, 0.3) is 0 Å². The van der Waals surface area contributed by atoms with Crippen LogP contribution in [0.2, 0.25) is 0 Å². The van der Waals surface area contributed by atoms with Crippen LogP contribution in [0.1, 0.15) is 13.8 Å². The second-order valence-electron chi connectivity index (χ2n) is 2.91. The van der Waals surface area contributed by atoms with E-state index in [1.807, 2.05) is 13.8 Å². The van der Waals surface area contributed by atoms with Gasteiger partial charge in [-0.1, -0.05) is 18.2 Å². The number of halogens is 1. The smallest absolute Gasteiger partial charge is 0.0607 e. The van der Waals surface area contributed by atoms with Gasteiger partial charge < -0.3 is 10.4 Å². The summed E-state index contributed by atoms with van der Waals surface area (Å²) in [5.41, 5.74) is -0.266. The molecule has 60 valence electrons. The molecule has 0 saturated heterocycles. The van der Waals surface area contributed by atoms with Gasteiger partial charge in [0, 0.05) is 17.1 Å². The van der Waals surface area contributed by atoms with Gasteiger partial charge in [-0.3, -0.25) is 0 Å². The maximum atomic E-state index is 8.77. The summed E-state index contributed by atoms with van der Waals surface area (Å²) >= 11 is 5.50. The Morgan fingerprint density at radius 3 is 2.50 bits per heavy atom. The molecule has 0 aliphatic rings. The Morgan fingerprint density at radius 1 is 1.70 bits per heavy atom. The van der Waals surface area contributed by atoms with E-state index in [-0.39, 0.29) is 12.1 Å². The normalized spacial score (nSPS) is 11.6. The van der Waals surface area contributed by atoms with Gasteiger partial charge in [-0.25, -0.2) is 0 Å². The van der Waals surface area contributed by atoms with Gasteiger partial charge in [0.1, 0.15) is 0 Å². The Kier molecular flexibility index (Phi) is 3.94. The molecule has 0 radical (unpaired) electrons. The number of rotatable bonds is 4. The van der Waals surface area contributed by atoms with Crippen LogP contribution in [0.4, 0.5) is 0 Å². The lowest BCUT2D eigenvalue weighted by molar-refractivity contribution is 0.192. The molecule has 0 aromatic heterocycles. The van der Waals surface area contributed by atoms with Crippen LogP contribution in [-0.2, 0) is 0 Å². The summed E-state index contributed by atoms with van der Waals surface area (Å²) in [6.45, 7) is 7.94. The predicted molar refractivity (Wildman–Crippen MR) is 44.2 cm³/mol. The highest BCUT2D eigenvalue weighted by Gasteiger charge is 2.14. The topological polar surface area (TPSA) is 32.3 Å². The van der Waals surface area contributed by atoms with Crippen molar-refractivity contribution in [2.45, 2.75) is 19.4 Å². The number of hydrogen-bond acceptors (Lipinski definition) is 2. The van der Waals surface area contributed by atoms with Crippen LogP contribution in [0.15, 0.2) is 11.6 Å². The molecule has 0 rings (SSSR count). The van der Waals surface area contributed by atoms with Crippen molar-refractivity contribution in [3.8, 4) is 0 Å². The highest BCUT2D eigenvalue weighted by Crippen LogP contribution is 2.02. The molecule has 0 spiro atoms. The van der Waals surface area contributed by atoms with E-state index in [9.17, 15) is 0 Å². The van der Waals surface area contributed by atoms with Crippen molar-refractivity contribution < 1.29 is 5.11 Å². The SMILES string of the molecule is C=C(Cl)CNC(C)(C)CO. The summed E-state index contributed by atoms with van der Waals surface area (Å²) in [6.07, 6.45) is 0. The van der Waals surface area contributed by atoms with Crippen molar-refractivity contribution in [2.24, 2.45) is 0 Å². The molecule has 0 saturated carbocycles. The van der Waals surface area contributed by atoms with E-state index in [1.54, 1.807) is 0 Å². The fraction of sp³-hybridized carbons (Fsp3) is 0.714. The quantitative estimate of drug-likeness (QED) is 0.651. The van der Waals surface area contributed by atoms with E-state index in [0.29, 0.717) is 11.6 Å². The van der Waals surface area contributed by atoms with Crippen molar-refractivity contribution >= 4 is 11.6 Å². The Labute approximate surface area is 66.9 Å². The summed E-state index contributed by atoms with van der Waals surface area (Å²) in [4.78, 5) is 0. The average molecular weight is 164 g/mol. The highest BCUT2D eigenvalue weighted by atomic mass is 35.5. The van der Waals surface area contributed by atoms with E-state index in [4.69, 9.17) is 16.7 Å². The monoisotopic (exact) mass is 163 g/mol. The fourth-order valence-corrected chi connectivity index (χ4v) is 0.458. The van der Waals surface area contributed by atoms with E-state index in [1.165, 1.54) is 0 Å². The van der Waals surface area contributed by atoms with Gasteiger partial charge in [0.05, 0.1) is 6.61 Å². The third kappa shape index (κ3) is 4.79. The zero-order valence-electron chi connectivity index (χ0n) is 6.45. The van der Waals surface area contributed by atoms with E-state index in [2.05, 4.69) is 11.9 Å². The lowest BCUT2D eigenvalue weighted by Gasteiger charge is -2.22. The first-order valence-corrected chi connectivity index (χ1v) is 3.55. The number of aliphatic hydroxyl groups is 1. The molecule has 0 fully saturated rings. The van der Waals surface area contributed by atoms with Gasteiger partial charge >= 0.3 is 0 Å². The molecule has 2 nitrogen and oxygen atoms in total. The largest absolute Gasteiger partial charge is 0.394 e. The zero-order chi connectivity index (χ0) is 8.20. The van der Waals surface area contributed by atoms with Crippen molar-refractivity contribution in [1.82, 2.24) is 5.32 Å². The van der Waals surface area contributed by atoms with E-state index >= 15 is 0 Å². The molecular weight excluding hydrogens is 150 g/mol. The maximum absolute atomic E-state index is 8.77. The second kappa shape index (κ2) is 3.96. The lowest BCUT2D eigenvalue weighted by Crippen LogP contribution is -2.43. The number of nitrogens with one attached hydrogen (secondary N) is 1. The molecular formula is C7H14ClNO. The lowest BCUT2D eigenvalue weighted by atomic mass is 10.1. The molecule has 0 unspecified atom stereocenters. The van der Waals surface area contributed by atoms with Crippen molar-refractivity contribution in [2.75, 3.05) is 13.2 Å². The maximum Gasteiger partial charge on any atom is 0.0607 e. The standard InChI is InChI=1S/C7H14ClNO/c1-6(8)4-9-7(2,3)5-10/h9-10H,1,4-5H2,2-3H3. The van der Waals surface area contributed by atoms with Crippen LogP contribution >= 0.6 is 11.6 Å².